The van der Waals surface area contributed by atoms with Crippen molar-refractivity contribution in [1.82, 2.24) is 0 Å². The third-order valence-electron chi connectivity index (χ3n) is 5.95. The maximum absolute atomic E-state index is 2.39. The molecule has 0 nitrogen and oxygen atoms in total. The summed E-state index contributed by atoms with van der Waals surface area (Å²) >= 11 is 0. The summed E-state index contributed by atoms with van der Waals surface area (Å²) < 4.78 is 0. The molecule has 0 N–H and O–H groups in total. The lowest BCUT2D eigenvalue weighted by atomic mass is 9.77. The number of aryl methyl sites for hydroxylation is 2. The molecule has 0 bridgehead atoms. The van der Waals surface area contributed by atoms with Crippen LogP contribution in [0.15, 0.2) is 48.5 Å². The molecule has 2 aliphatic carbocycles. The predicted octanol–water partition coefficient (Wildman–Crippen LogP) is 6.41. The molecule has 0 saturated carbocycles. The summed E-state index contributed by atoms with van der Waals surface area (Å²) in [5.74, 6) is 0. The molecule has 3 aromatic carbocycles. The zero-order chi connectivity index (χ0) is 16.5. The van der Waals surface area contributed by atoms with E-state index in [0.717, 1.165) is 12.8 Å². The van der Waals surface area contributed by atoms with Gasteiger partial charge in [-0.25, -0.2) is 0 Å². The van der Waals surface area contributed by atoms with E-state index in [2.05, 4.69) is 75.4 Å². The Labute approximate surface area is 143 Å². The SMILES string of the molecule is Cc1ccc2c(c1)C(C)(C)c1c-2c2c(c3ccccc13)CCC=C2. The van der Waals surface area contributed by atoms with E-state index in [-0.39, 0.29) is 5.41 Å². The average Bonchev–Trinajstić information content (AvgIpc) is 2.83. The smallest absolute Gasteiger partial charge is 0.0165 e. The lowest BCUT2D eigenvalue weighted by Gasteiger charge is -2.26. The van der Waals surface area contributed by atoms with Crippen LogP contribution in [0.4, 0.5) is 0 Å². The standard InChI is InChI=1S/C24H22/c1-15-12-13-20-21(14-15)24(2,3)23-19-11-7-5-9-17(19)16-8-4-6-10-18(16)22(20)23/h5-7,9-14H,4,8H2,1-3H3. The minimum absolute atomic E-state index is 0.0522. The third-order valence-corrected chi connectivity index (χ3v) is 5.95. The van der Waals surface area contributed by atoms with Gasteiger partial charge in [0, 0.05) is 5.41 Å². The first-order valence-electron chi connectivity index (χ1n) is 8.95. The molecule has 0 atom stereocenters. The van der Waals surface area contributed by atoms with Gasteiger partial charge in [-0.1, -0.05) is 74.0 Å². The molecule has 5 rings (SSSR count). The van der Waals surface area contributed by atoms with E-state index in [1.165, 1.54) is 49.7 Å². The van der Waals surface area contributed by atoms with Gasteiger partial charge in [-0.15, -0.1) is 0 Å². The monoisotopic (exact) mass is 310 g/mol. The Bertz CT molecular complexity index is 1030. The Kier molecular flexibility index (Phi) is 2.69. The van der Waals surface area contributed by atoms with Crippen molar-refractivity contribution in [2.24, 2.45) is 0 Å². The van der Waals surface area contributed by atoms with Gasteiger partial charge in [-0.2, -0.15) is 0 Å². The molecule has 0 unspecified atom stereocenters. The van der Waals surface area contributed by atoms with Gasteiger partial charge in [0.2, 0.25) is 0 Å². The van der Waals surface area contributed by atoms with Crippen molar-refractivity contribution in [2.45, 2.75) is 39.0 Å². The Hall–Kier alpha value is -2.34. The lowest BCUT2D eigenvalue weighted by molar-refractivity contribution is 0.665. The molecule has 2 aliphatic rings. The van der Waals surface area contributed by atoms with Gasteiger partial charge in [0.15, 0.2) is 0 Å². The van der Waals surface area contributed by atoms with E-state index < -0.39 is 0 Å². The summed E-state index contributed by atoms with van der Waals surface area (Å²) in [5, 5.41) is 2.90. The zero-order valence-corrected chi connectivity index (χ0v) is 14.6. The molecule has 0 aromatic heterocycles. The average molecular weight is 310 g/mol. The zero-order valence-electron chi connectivity index (χ0n) is 14.6. The van der Waals surface area contributed by atoms with Crippen molar-refractivity contribution >= 4 is 16.8 Å². The highest BCUT2D eigenvalue weighted by Gasteiger charge is 2.39. The van der Waals surface area contributed by atoms with Crippen LogP contribution in [0.5, 0.6) is 0 Å². The highest BCUT2D eigenvalue weighted by atomic mass is 14.4. The van der Waals surface area contributed by atoms with Crippen LogP contribution in [0.2, 0.25) is 0 Å². The van der Waals surface area contributed by atoms with Crippen LogP contribution in [-0.4, -0.2) is 0 Å². The fraction of sp³-hybridized carbons (Fsp3) is 0.250. The van der Waals surface area contributed by atoms with Crippen molar-refractivity contribution in [2.75, 3.05) is 0 Å². The Morgan fingerprint density at radius 1 is 0.958 bits per heavy atom. The van der Waals surface area contributed by atoms with Gasteiger partial charge in [0.05, 0.1) is 0 Å². The van der Waals surface area contributed by atoms with Gasteiger partial charge in [-0.3, -0.25) is 0 Å². The van der Waals surface area contributed by atoms with E-state index >= 15 is 0 Å². The van der Waals surface area contributed by atoms with Crippen molar-refractivity contribution in [3.05, 3.63) is 76.4 Å². The number of hydrogen-bond donors (Lipinski definition) is 0. The summed E-state index contributed by atoms with van der Waals surface area (Å²) in [7, 11) is 0. The largest absolute Gasteiger partial charge is 0.0836 e. The molecule has 118 valence electrons. The Balaban J connectivity index is 2.03. The maximum Gasteiger partial charge on any atom is 0.0165 e. The molecule has 0 radical (unpaired) electrons. The number of benzene rings is 3. The molecule has 0 saturated heterocycles. The maximum atomic E-state index is 2.39. The van der Waals surface area contributed by atoms with Crippen molar-refractivity contribution < 1.29 is 0 Å². The minimum Gasteiger partial charge on any atom is -0.0836 e. The molecule has 0 aliphatic heterocycles. The summed E-state index contributed by atoms with van der Waals surface area (Å²) in [4.78, 5) is 0. The quantitative estimate of drug-likeness (QED) is 0.450. The number of allylic oxidation sites excluding steroid dienone is 1. The summed E-state index contributed by atoms with van der Waals surface area (Å²) in [6.07, 6.45) is 7.02. The van der Waals surface area contributed by atoms with Gasteiger partial charge >= 0.3 is 0 Å². The van der Waals surface area contributed by atoms with Crippen molar-refractivity contribution in [1.29, 1.82) is 0 Å². The minimum atomic E-state index is 0.0522. The molecular formula is C24H22. The second-order valence-corrected chi connectivity index (χ2v) is 7.80. The van der Waals surface area contributed by atoms with Crippen LogP contribution in [-0.2, 0) is 11.8 Å². The van der Waals surface area contributed by atoms with Crippen LogP contribution in [0.3, 0.4) is 0 Å². The number of fused-ring (bicyclic) bond motifs is 8. The van der Waals surface area contributed by atoms with Gasteiger partial charge in [-0.05, 0) is 63.9 Å². The van der Waals surface area contributed by atoms with Gasteiger partial charge < -0.3 is 0 Å². The van der Waals surface area contributed by atoms with E-state index in [1.54, 1.807) is 0 Å². The van der Waals surface area contributed by atoms with Crippen LogP contribution in [0.1, 0.15) is 48.1 Å². The van der Waals surface area contributed by atoms with E-state index in [0.29, 0.717) is 0 Å². The fourth-order valence-electron chi connectivity index (χ4n) is 4.87. The molecule has 3 aromatic rings. The van der Waals surface area contributed by atoms with E-state index in [4.69, 9.17) is 0 Å². The van der Waals surface area contributed by atoms with Crippen LogP contribution >= 0.6 is 0 Å². The number of rotatable bonds is 0. The molecule has 0 spiro atoms. The second kappa shape index (κ2) is 4.60. The normalized spacial score (nSPS) is 16.8. The highest BCUT2D eigenvalue weighted by molar-refractivity contribution is 6.04. The topological polar surface area (TPSA) is 0 Å². The van der Waals surface area contributed by atoms with E-state index in [1.807, 2.05) is 0 Å². The second-order valence-electron chi connectivity index (χ2n) is 7.80. The Morgan fingerprint density at radius 2 is 1.75 bits per heavy atom. The van der Waals surface area contributed by atoms with Gasteiger partial charge in [0.1, 0.15) is 0 Å². The van der Waals surface area contributed by atoms with Crippen LogP contribution < -0.4 is 0 Å². The molecule has 24 heavy (non-hydrogen) atoms. The first-order chi connectivity index (χ1) is 11.6. The molecular weight excluding hydrogens is 288 g/mol. The fourth-order valence-corrected chi connectivity index (χ4v) is 4.87. The van der Waals surface area contributed by atoms with Crippen LogP contribution in [0, 0.1) is 6.92 Å². The first kappa shape index (κ1) is 14.0. The highest BCUT2D eigenvalue weighted by Crippen LogP contribution is 2.54. The third kappa shape index (κ3) is 1.64. The van der Waals surface area contributed by atoms with E-state index in [9.17, 15) is 0 Å². The first-order valence-corrected chi connectivity index (χ1v) is 8.95. The predicted molar refractivity (Wildman–Crippen MR) is 104 cm³/mol. The van der Waals surface area contributed by atoms with Crippen molar-refractivity contribution in [3.8, 4) is 11.1 Å². The summed E-state index contributed by atoms with van der Waals surface area (Å²) in [5.41, 5.74) is 10.3. The molecule has 0 heteroatoms. The summed E-state index contributed by atoms with van der Waals surface area (Å²) in [6, 6.07) is 16.0. The lowest BCUT2D eigenvalue weighted by Crippen LogP contribution is -2.16. The molecule has 0 amide bonds. The van der Waals surface area contributed by atoms with Crippen molar-refractivity contribution in [3.63, 3.8) is 0 Å². The number of hydrogen-bond acceptors (Lipinski definition) is 0. The van der Waals surface area contributed by atoms with Gasteiger partial charge in [0.25, 0.3) is 0 Å². The molecule has 0 fully saturated rings. The molecule has 0 heterocycles. The van der Waals surface area contributed by atoms with Crippen LogP contribution in [0.25, 0.3) is 28.0 Å². The Morgan fingerprint density at radius 3 is 2.58 bits per heavy atom. The summed E-state index contributed by atoms with van der Waals surface area (Å²) in [6.45, 7) is 6.98.